The van der Waals surface area contributed by atoms with Gasteiger partial charge in [0.25, 0.3) is 0 Å². The Morgan fingerprint density at radius 1 is 1.05 bits per heavy atom. The number of hydrogen-bond donors (Lipinski definition) is 1. The first kappa shape index (κ1) is 13.6. The molecule has 19 heavy (non-hydrogen) atoms. The van der Waals surface area contributed by atoms with Crippen LogP contribution in [-0.2, 0) is 9.53 Å². The molecule has 1 N–H and O–H groups in total. The van der Waals surface area contributed by atoms with Crippen LogP contribution in [0.25, 0.3) is 0 Å². The zero-order valence-electron chi connectivity index (χ0n) is 11.9. The molecule has 3 fully saturated rings. The second-order valence-electron chi connectivity index (χ2n) is 6.78. The van der Waals surface area contributed by atoms with Gasteiger partial charge in [0.05, 0.1) is 13.2 Å². The molecule has 108 valence electrons. The maximum absolute atomic E-state index is 12.4. The van der Waals surface area contributed by atoms with Gasteiger partial charge in [-0.1, -0.05) is 32.1 Å². The van der Waals surface area contributed by atoms with E-state index < -0.39 is 0 Å². The number of hydrogen-bond acceptors (Lipinski definition) is 3. The summed E-state index contributed by atoms with van der Waals surface area (Å²) in [5, 5.41) is 3.57. The lowest BCUT2D eigenvalue weighted by molar-refractivity contribution is -0.126. The number of morpholine rings is 1. The summed E-state index contributed by atoms with van der Waals surface area (Å²) >= 11 is 0. The zero-order chi connectivity index (χ0) is 13.1. The number of nitrogens with one attached hydrogen (secondary N) is 1. The van der Waals surface area contributed by atoms with Gasteiger partial charge in [-0.05, 0) is 25.2 Å². The minimum Gasteiger partial charge on any atom is -0.378 e. The van der Waals surface area contributed by atoms with Gasteiger partial charge in [0.1, 0.15) is 5.78 Å². The van der Waals surface area contributed by atoms with Crippen molar-refractivity contribution in [1.29, 1.82) is 0 Å². The lowest BCUT2D eigenvalue weighted by Crippen LogP contribution is -2.55. The van der Waals surface area contributed by atoms with Crippen LogP contribution in [0.4, 0.5) is 0 Å². The molecule has 1 saturated carbocycles. The third-order valence-electron chi connectivity index (χ3n) is 5.23. The zero-order valence-corrected chi connectivity index (χ0v) is 11.9. The Morgan fingerprint density at radius 2 is 1.74 bits per heavy atom. The van der Waals surface area contributed by atoms with Crippen LogP contribution in [0.15, 0.2) is 0 Å². The molecule has 2 saturated heterocycles. The maximum atomic E-state index is 12.4. The lowest BCUT2D eigenvalue weighted by atomic mass is 9.80. The highest BCUT2D eigenvalue weighted by Gasteiger charge is 2.34. The van der Waals surface area contributed by atoms with Gasteiger partial charge in [0.2, 0.25) is 0 Å². The fourth-order valence-corrected chi connectivity index (χ4v) is 4.13. The minimum atomic E-state index is 0.309. The van der Waals surface area contributed by atoms with Crippen molar-refractivity contribution in [3.63, 3.8) is 0 Å². The van der Waals surface area contributed by atoms with Crippen LogP contribution in [0.2, 0.25) is 0 Å². The summed E-state index contributed by atoms with van der Waals surface area (Å²) in [6.45, 7) is 1.59. The maximum Gasteiger partial charge on any atom is 0.136 e. The first-order chi connectivity index (χ1) is 9.31. The molecular formula is C16H27NO2. The monoisotopic (exact) mass is 265 g/mol. The summed E-state index contributed by atoms with van der Waals surface area (Å²) in [4.78, 5) is 12.4. The van der Waals surface area contributed by atoms with Crippen LogP contribution in [0.3, 0.4) is 0 Å². The summed E-state index contributed by atoms with van der Waals surface area (Å²) < 4.78 is 5.55. The molecule has 2 atom stereocenters. The number of carbonyl (C=O) groups is 1. The number of fused-ring (bicyclic) bond motifs is 2. The van der Waals surface area contributed by atoms with E-state index in [1.54, 1.807) is 0 Å². The van der Waals surface area contributed by atoms with E-state index in [1.807, 2.05) is 0 Å². The fourth-order valence-electron chi connectivity index (χ4n) is 4.13. The van der Waals surface area contributed by atoms with Crippen molar-refractivity contribution >= 4 is 5.78 Å². The number of piperidine rings is 1. The van der Waals surface area contributed by atoms with Gasteiger partial charge in [0, 0.05) is 24.4 Å². The van der Waals surface area contributed by atoms with E-state index in [4.69, 9.17) is 4.74 Å². The molecule has 0 amide bonds. The van der Waals surface area contributed by atoms with E-state index in [1.165, 1.54) is 32.1 Å². The van der Waals surface area contributed by atoms with Gasteiger partial charge in [-0.25, -0.2) is 0 Å². The van der Waals surface area contributed by atoms with E-state index in [2.05, 4.69) is 5.32 Å². The molecular weight excluding hydrogens is 238 g/mol. The van der Waals surface area contributed by atoms with E-state index in [0.29, 0.717) is 23.8 Å². The van der Waals surface area contributed by atoms with Crippen molar-refractivity contribution in [3.05, 3.63) is 0 Å². The number of ketones is 1. The molecule has 3 heteroatoms. The van der Waals surface area contributed by atoms with E-state index in [9.17, 15) is 4.79 Å². The first-order valence-corrected chi connectivity index (χ1v) is 8.18. The molecule has 2 heterocycles. The fraction of sp³-hybridized carbons (Fsp3) is 0.938. The largest absolute Gasteiger partial charge is 0.378 e. The second kappa shape index (κ2) is 6.36. The van der Waals surface area contributed by atoms with Crippen molar-refractivity contribution in [2.45, 2.75) is 69.9 Å². The average molecular weight is 265 g/mol. The van der Waals surface area contributed by atoms with Crippen LogP contribution >= 0.6 is 0 Å². The minimum absolute atomic E-state index is 0.309. The summed E-state index contributed by atoms with van der Waals surface area (Å²) in [6.07, 6.45) is 10.9. The topological polar surface area (TPSA) is 38.3 Å². The quantitative estimate of drug-likeness (QED) is 0.849. The molecule has 0 spiro atoms. The molecule has 2 bridgehead atoms. The standard InChI is InChI=1S/C16H27NO2/c18-16(7-6-12-4-2-1-3-5-12)13-8-14-10-19-11-15(9-13)17-14/h12-15,17H,1-11H2. The molecule has 2 unspecified atom stereocenters. The molecule has 1 aliphatic carbocycles. The normalized spacial score (nSPS) is 36.1. The second-order valence-corrected chi connectivity index (χ2v) is 6.78. The van der Waals surface area contributed by atoms with Crippen LogP contribution in [0.5, 0.6) is 0 Å². The third kappa shape index (κ3) is 3.57. The van der Waals surface area contributed by atoms with Gasteiger partial charge in [-0.15, -0.1) is 0 Å². The highest BCUT2D eigenvalue weighted by atomic mass is 16.5. The van der Waals surface area contributed by atoms with Crippen molar-refractivity contribution in [2.24, 2.45) is 11.8 Å². The van der Waals surface area contributed by atoms with E-state index >= 15 is 0 Å². The summed E-state index contributed by atoms with van der Waals surface area (Å²) in [6, 6.07) is 0.854. The Balaban J connectivity index is 1.44. The van der Waals surface area contributed by atoms with Gasteiger partial charge in [-0.2, -0.15) is 0 Å². The van der Waals surface area contributed by atoms with Gasteiger partial charge >= 0.3 is 0 Å². The molecule has 0 aromatic carbocycles. The van der Waals surface area contributed by atoms with Crippen molar-refractivity contribution in [2.75, 3.05) is 13.2 Å². The predicted octanol–water partition coefficient (Wildman–Crippen LogP) is 2.68. The SMILES string of the molecule is O=C(CCC1CCCCC1)C1CC2COCC(C1)N2. The van der Waals surface area contributed by atoms with Crippen molar-refractivity contribution < 1.29 is 9.53 Å². The average Bonchev–Trinajstić information content (AvgIpc) is 2.45. The predicted molar refractivity (Wildman–Crippen MR) is 75.1 cm³/mol. The number of carbonyl (C=O) groups excluding carboxylic acids is 1. The molecule has 3 nitrogen and oxygen atoms in total. The Morgan fingerprint density at radius 3 is 2.42 bits per heavy atom. The molecule has 2 aliphatic heterocycles. The van der Waals surface area contributed by atoms with Crippen molar-refractivity contribution in [1.82, 2.24) is 5.32 Å². The van der Waals surface area contributed by atoms with Crippen LogP contribution < -0.4 is 5.32 Å². The molecule has 0 radical (unpaired) electrons. The van der Waals surface area contributed by atoms with Crippen LogP contribution in [0.1, 0.15) is 57.8 Å². The highest BCUT2D eigenvalue weighted by Crippen LogP contribution is 2.30. The number of Topliss-reactive ketones (excluding diaryl/α,β-unsaturated/α-hetero) is 1. The Kier molecular flexibility index (Phi) is 4.54. The Bertz CT molecular complexity index is 300. The number of rotatable bonds is 4. The highest BCUT2D eigenvalue weighted by molar-refractivity contribution is 5.81. The number of ether oxygens (including phenoxy) is 1. The molecule has 3 aliphatic rings. The van der Waals surface area contributed by atoms with Crippen molar-refractivity contribution in [3.8, 4) is 0 Å². The van der Waals surface area contributed by atoms with E-state index in [-0.39, 0.29) is 0 Å². The van der Waals surface area contributed by atoms with Crippen LogP contribution in [-0.4, -0.2) is 31.1 Å². The van der Waals surface area contributed by atoms with Gasteiger partial charge < -0.3 is 10.1 Å². The van der Waals surface area contributed by atoms with E-state index in [0.717, 1.165) is 44.8 Å². The molecule has 0 aromatic heterocycles. The Labute approximate surface area is 116 Å². The third-order valence-corrected chi connectivity index (χ3v) is 5.23. The summed E-state index contributed by atoms with van der Waals surface area (Å²) in [5.74, 6) is 1.68. The lowest BCUT2D eigenvalue weighted by Gasteiger charge is -2.39. The molecule has 3 rings (SSSR count). The summed E-state index contributed by atoms with van der Waals surface area (Å²) in [7, 11) is 0. The molecule has 0 aromatic rings. The smallest absolute Gasteiger partial charge is 0.136 e. The van der Waals surface area contributed by atoms with Crippen LogP contribution in [0, 0.1) is 11.8 Å². The summed E-state index contributed by atoms with van der Waals surface area (Å²) in [5.41, 5.74) is 0. The van der Waals surface area contributed by atoms with Gasteiger partial charge in [-0.3, -0.25) is 4.79 Å². The first-order valence-electron chi connectivity index (χ1n) is 8.18. The van der Waals surface area contributed by atoms with Gasteiger partial charge in [0.15, 0.2) is 0 Å². The Hall–Kier alpha value is -0.410.